The molecule has 1 aliphatic heterocycles. The Bertz CT molecular complexity index is 456. The van der Waals surface area contributed by atoms with Gasteiger partial charge in [-0.3, -0.25) is 4.79 Å². The summed E-state index contributed by atoms with van der Waals surface area (Å²) in [6, 6.07) is 5.74. The van der Waals surface area contributed by atoms with Gasteiger partial charge in [0.15, 0.2) is 0 Å². The van der Waals surface area contributed by atoms with E-state index in [1.165, 1.54) is 0 Å². The van der Waals surface area contributed by atoms with Crippen molar-refractivity contribution >= 4 is 11.6 Å². The zero-order chi connectivity index (χ0) is 13.3. The number of nitrogens with two attached hydrogens (primary N) is 1. The van der Waals surface area contributed by atoms with E-state index >= 15 is 0 Å². The smallest absolute Gasteiger partial charge is 0.256 e. The monoisotopic (exact) mass is 247 g/mol. The third-order valence-corrected chi connectivity index (χ3v) is 3.47. The van der Waals surface area contributed by atoms with Gasteiger partial charge in [0.25, 0.3) is 5.91 Å². The van der Waals surface area contributed by atoms with Crippen LogP contribution in [0.2, 0.25) is 0 Å². The van der Waals surface area contributed by atoms with Crippen molar-refractivity contribution in [3.8, 4) is 0 Å². The molecule has 1 aromatic carbocycles. The molecular formula is C14H21N3O. The Morgan fingerprint density at radius 2 is 2.17 bits per heavy atom. The van der Waals surface area contributed by atoms with Gasteiger partial charge >= 0.3 is 0 Å². The number of likely N-dealkylation sites (N-methyl/N-ethyl adjacent to an activating group) is 1. The van der Waals surface area contributed by atoms with Crippen molar-refractivity contribution in [2.24, 2.45) is 0 Å². The van der Waals surface area contributed by atoms with Crippen LogP contribution in [-0.4, -0.2) is 49.4 Å². The zero-order valence-corrected chi connectivity index (χ0v) is 11.3. The van der Waals surface area contributed by atoms with E-state index in [-0.39, 0.29) is 5.91 Å². The Morgan fingerprint density at radius 1 is 1.44 bits per heavy atom. The third kappa shape index (κ3) is 2.34. The van der Waals surface area contributed by atoms with Gasteiger partial charge in [0.2, 0.25) is 0 Å². The molecule has 0 aromatic heterocycles. The van der Waals surface area contributed by atoms with E-state index in [1.807, 2.05) is 31.1 Å². The molecule has 1 atom stereocenters. The van der Waals surface area contributed by atoms with E-state index in [1.54, 1.807) is 6.07 Å². The Hall–Kier alpha value is -1.55. The minimum absolute atomic E-state index is 0.0723. The van der Waals surface area contributed by atoms with Crippen molar-refractivity contribution < 1.29 is 4.79 Å². The molecule has 0 radical (unpaired) electrons. The lowest BCUT2D eigenvalue weighted by Crippen LogP contribution is -2.42. The standard InChI is InChI=1S/C14H21N3O/c1-10-9-17(8-7-16(2)3)14(18)13-11(10)5-4-6-12(13)15/h4-6,10H,7-9,15H2,1-3H3. The molecule has 2 N–H and O–H groups in total. The quantitative estimate of drug-likeness (QED) is 0.821. The zero-order valence-electron chi connectivity index (χ0n) is 11.3. The molecule has 0 aliphatic carbocycles. The van der Waals surface area contributed by atoms with Gasteiger partial charge in [0.05, 0.1) is 5.56 Å². The molecule has 1 aromatic rings. The van der Waals surface area contributed by atoms with Gasteiger partial charge in [-0.25, -0.2) is 0 Å². The highest BCUT2D eigenvalue weighted by atomic mass is 16.2. The highest BCUT2D eigenvalue weighted by Gasteiger charge is 2.30. The van der Waals surface area contributed by atoms with Crippen molar-refractivity contribution in [1.29, 1.82) is 0 Å². The number of nitrogen functional groups attached to an aromatic ring is 1. The molecule has 4 nitrogen and oxygen atoms in total. The molecule has 0 bridgehead atoms. The lowest BCUT2D eigenvalue weighted by atomic mass is 9.89. The number of amides is 1. The fraction of sp³-hybridized carbons (Fsp3) is 0.500. The minimum atomic E-state index is 0.0723. The number of hydrogen-bond donors (Lipinski definition) is 1. The number of rotatable bonds is 3. The van der Waals surface area contributed by atoms with E-state index < -0.39 is 0 Å². The van der Waals surface area contributed by atoms with Crippen LogP contribution in [0.5, 0.6) is 0 Å². The molecule has 0 saturated heterocycles. The maximum atomic E-state index is 12.4. The van der Waals surface area contributed by atoms with Crippen molar-refractivity contribution in [2.45, 2.75) is 12.8 Å². The topological polar surface area (TPSA) is 49.6 Å². The van der Waals surface area contributed by atoms with Crippen molar-refractivity contribution in [1.82, 2.24) is 9.80 Å². The molecule has 1 aliphatic rings. The van der Waals surface area contributed by atoms with Gasteiger partial charge in [-0.05, 0) is 31.6 Å². The molecule has 4 heteroatoms. The van der Waals surface area contributed by atoms with E-state index in [0.717, 1.165) is 25.2 Å². The molecule has 98 valence electrons. The molecule has 0 saturated carbocycles. The Morgan fingerprint density at radius 3 is 2.83 bits per heavy atom. The number of fused-ring (bicyclic) bond motifs is 1. The van der Waals surface area contributed by atoms with Crippen LogP contribution < -0.4 is 5.73 Å². The normalized spacial score (nSPS) is 19.2. The summed E-state index contributed by atoms with van der Waals surface area (Å²) in [5, 5.41) is 0. The van der Waals surface area contributed by atoms with Gasteiger partial charge in [-0.15, -0.1) is 0 Å². The summed E-state index contributed by atoms with van der Waals surface area (Å²) in [6.07, 6.45) is 0. The largest absolute Gasteiger partial charge is 0.398 e. The number of benzene rings is 1. The fourth-order valence-electron chi connectivity index (χ4n) is 2.43. The average molecular weight is 247 g/mol. The van der Waals surface area contributed by atoms with Crippen LogP contribution in [0.25, 0.3) is 0 Å². The van der Waals surface area contributed by atoms with Gasteiger partial charge in [0, 0.05) is 25.3 Å². The van der Waals surface area contributed by atoms with Crippen molar-refractivity contribution in [2.75, 3.05) is 39.5 Å². The van der Waals surface area contributed by atoms with Crippen LogP contribution in [-0.2, 0) is 0 Å². The summed E-state index contributed by atoms with van der Waals surface area (Å²) in [7, 11) is 4.03. The first-order chi connectivity index (χ1) is 8.50. The SMILES string of the molecule is CC1CN(CCN(C)C)C(=O)c2c(N)cccc21. The molecular weight excluding hydrogens is 226 g/mol. The van der Waals surface area contributed by atoms with Gasteiger partial charge < -0.3 is 15.5 Å². The molecule has 0 spiro atoms. The second-order valence-corrected chi connectivity index (χ2v) is 5.27. The third-order valence-electron chi connectivity index (χ3n) is 3.47. The predicted octanol–water partition coefficient (Wildman–Crippen LogP) is 1.39. The second kappa shape index (κ2) is 4.98. The lowest BCUT2D eigenvalue weighted by Gasteiger charge is -2.34. The maximum absolute atomic E-state index is 12.4. The van der Waals surface area contributed by atoms with Crippen molar-refractivity contribution in [3.05, 3.63) is 29.3 Å². The average Bonchev–Trinajstić information content (AvgIpc) is 2.31. The summed E-state index contributed by atoms with van der Waals surface area (Å²) in [5.41, 5.74) is 8.34. The van der Waals surface area contributed by atoms with E-state index in [9.17, 15) is 4.79 Å². The fourth-order valence-corrected chi connectivity index (χ4v) is 2.43. The lowest BCUT2D eigenvalue weighted by molar-refractivity contribution is 0.0715. The summed E-state index contributed by atoms with van der Waals surface area (Å²) < 4.78 is 0. The Labute approximate surface area is 108 Å². The van der Waals surface area contributed by atoms with Gasteiger partial charge in [-0.2, -0.15) is 0 Å². The van der Waals surface area contributed by atoms with E-state index in [4.69, 9.17) is 5.73 Å². The molecule has 0 fully saturated rings. The number of anilines is 1. The summed E-state index contributed by atoms with van der Waals surface area (Å²) in [6.45, 7) is 4.56. The number of carbonyl (C=O) groups is 1. The Balaban J connectivity index is 2.27. The highest BCUT2D eigenvalue weighted by Crippen LogP contribution is 2.31. The molecule has 18 heavy (non-hydrogen) atoms. The van der Waals surface area contributed by atoms with Crippen LogP contribution in [0, 0.1) is 0 Å². The molecule has 1 amide bonds. The Kier molecular flexibility index (Phi) is 3.57. The molecule has 1 heterocycles. The number of nitrogens with zero attached hydrogens (tertiary/aromatic N) is 2. The van der Waals surface area contributed by atoms with Crippen LogP contribution in [0.4, 0.5) is 5.69 Å². The van der Waals surface area contributed by atoms with E-state index in [0.29, 0.717) is 17.2 Å². The summed E-state index contributed by atoms with van der Waals surface area (Å²) >= 11 is 0. The summed E-state index contributed by atoms with van der Waals surface area (Å²) in [4.78, 5) is 16.4. The first-order valence-electron chi connectivity index (χ1n) is 6.33. The van der Waals surface area contributed by atoms with Crippen LogP contribution >= 0.6 is 0 Å². The van der Waals surface area contributed by atoms with Crippen molar-refractivity contribution in [3.63, 3.8) is 0 Å². The van der Waals surface area contributed by atoms with E-state index in [2.05, 4.69) is 11.8 Å². The van der Waals surface area contributed by atoms with Crippen LogP contribution in [0.15, 0.2) is 18.2 Å². The minimum Gasteiger partial charge on any atom is -0.398 e. The number of carbonyl (C=O) groups excluding carboxylic acids is 1. The van der Waals surface area contributed by atoms with Gasteiger partial charge in [0.1, 0.15) is 0 Å². The maximum Gasteiger partial charge on any atom is 0.256 e. The molecule has 1 unspecified atom stereocenters. The highest BCUT2D eigenvalue weighted by molar-refractivity contribution is 6.01. The van der Waals surface area contributed by atoms with Crippen LogP contribution in [0.3, 0.4) is 0 Å². The first-order valence-corrected chi connectivity index (χ1v) is 6.33. The summed E-state index contributed by atoms with van der Waals surface area (Å²) in [5.74, 6) is 0.423. The first kappa shape index (κ1) is 12.9. The molecule has 2 rings (SSSR count). The predicted molar refractivity (Wildman–Crippen MR) is 73.7 cm³/mol. The number of hydrogen-bond acceptors (Lipinski definition) is 3. The van der Waals surface area contributed by atoms with Gasteiger partial charge in [-0.1, -0.05) is 19.1 Å². The second-order valence-electron chi connectivity index (χ2n) is 5.27. The van der Waals surface area contributed by atoms with Crippen LogP contribution in [0.1, 0.15) is 28.8 Å².